The molecule has 0 aliphatic carbocycles. The number of carbonyl (C=O) groups is 1. The Hall–Kier alpha value is -2.48. The molecular formula is C23H27N3O3S. The first-order valence-corrected chi connectivity index (χ1v) is 11.1. The molecule has 2 aromatic heterocycles. The molecule has 1 aliphatic heterocycles. The maximum Gasteiger partial charge on any atom is 0.226 e. The van der Waals surface area contributed by atoms with Crippen molar-refractivity contribution >= 4 is 17.2 Å². The van der Waals surface area contributed by atoms with E-state index in [1.54, 1.807) is 11.3 Å². The number of hydrogen-bond acceptors (Lipinski definition) is 6. The van der Waals surface area contributed by atoms with Crippen LogP contribution in [0.15, 0.2) is 46.2 Å². The molecule has 0 spiro atoms. The zero-order valence-corrected chi connectivity index (χ0v) is 18.2. The number of nitrogens with zero attached hydrogens (tertiary/aromatic N) is 2. The van der Waals surface area contributed by atoms with Crippen molar-refractivity contribution in [2.45, 2.75) is 26.3 Å². The highest BCUT2D eigenvalue weighted by Crippen LogP contribution is 2.25. The highest BCUT2D eigenvalue weighted by atomic mass is 32.1. The van der Waals surface area contributed by atoms with E-state index in [1.165, 1.54) is 5.56 Å². The van der Waals surface area contributed by atoms with Crippen LogP contribution in [-0.4, -0.2) is 48.6 Å². The van der Waals surface area contributed by atoms with Gasteiger partial charge < -0.3 is 14.5 Å². The molecule has 1 atom stereocenters. The van der Waals surface area contributed by atoms with E-state index in [1.807, 2.05) is 36.6 Å². The molecule has 1 saturated heterocycles. The number of thiazole rings is 1. The average molecular weight is 426 g/mol. The predicted octanol–water partition coefficient (Wildman–Crippen LogP) is 3.75. The van der Waals surface area contributed by atoms with E-state index in [9.17, 15) is 4.79 Å². The predicted molar refractivity (Wildman–Crippen MR) is 118 cm³/mol. The van der Waals surface area contributed by atoms with Crippen LogP contribution in [0.5, 0.6) is 0 Å². The molecule has 1 aliphatic rings. The second-order valence-electron chi connectivity index (χ2n) is 7.61. The number of rotatable bonds is 7. The van der Waals surface area contributed by atoms with Gasteiger partial charge in [-0.15, -0.1) is 11.3 Å². The SMILES string of the molecule is Cc1cccc(-c2nc(CC(=O)NCC(c3ccc(C)o3)N3CCOCC3)cs2)c1. The lowest BCUT2D eigenvalue weighted by molar-refractivity contribution is -0.120. The smallest absolute Gasteiger partial charge is 0.226 e. The molecule has 1 amide bonds. The summed E-state index contributed by atoms with van der Waals surface area (Å²) in [6, 6.07) is 12.2. The van der Waals surface area contributed by atoms with Gasteiger partial charge in [0.2, 0.25) is 5.91 Å². The summed E-state index contributed by atoms with van der Waals surface area (Å²) in [5.74, 6) is 1.73. The summed E-state index contributed by atoms with van der Waals surface area (Å²) < 4.78 is 11.3. The maximum atomic E-state index is 12.6. The zero-order chi connectivity index (χ0) is 20.9. The first-order chi connectivity index (χ1) is 14.6. The Bertz CT molecular complexity index is 991. The van der Waals surface area contributed by atoms with Crippen LogP contribution < -0.4 is 5.32 Å². The van der Waals surface area contributed by atoms with Gasteiger partial charge >= 0.3 is 0 Å². The summed E-state index contributed by atoms with van der Waals surface area (Å²) in [7, 11) is 0. The Morgan fingerprint density at radius 1 is 1.23 bits per heavy atom. The molecule has 3 aromatic rings. The van der Waals surface area contributed by atoms with Crippen molar-refractivity contribution in [3.63, 3.8) is 0 Å². The fraction of sp³-hybridized carbons (Fsp3) is 0.391. The van der Waals surface area contributed by atoms with E-state index in [4.69, 9.17) is 9.15 Å². The molecule has 4 rings (SSSR count). The summed E-state index contributed by atoms with van der Waals surface area (Å²) in [6.07, 6.45) is 0.273. The Labute approximate surface area is 180 Å². The lowest BCUT2D eigenvalue weighted by Crippen LogP contribution is -2.44. The molecule has 1 N–H and O–H groups in total. The van der Waals surface area contributed by atoms with E-state index >= 15 is 0 Å². The lowest BCUT2D eigenvalue weighted by atomic mass is 10.1. The van der Waals surface area contributed by atoms with Crippen LogP contribution in [0.25, 0.3) is 10.6 Å². The number of furan rings is 1. The highest BCUT2D eigenvalue weighted by molar-refractivity contribution is 7.13. The van der Waals surface area contributed by atoms with Gasteiger partial charge in [0.1, 0.15) is 16.5 Å². The Morgan fingerprint density at radius 3 is 2.80 bits per heavy atom. The fourth-order valence-electron chi connectivity index (χ4n) is 3.67. The quantitative estimate of drug-likeness (QED) is 0.624. The number of amides is 1. The van der Waals surface area contributed by atoms with Crippen molar-refractivity contribution < 1.29 is 13.9 Å². The Morgan fingerprint density at radius 2 is 2.07 bits per heavy atom. The maximum absolute atomic E-state index is 12.6. The number of carbonyl (C=O) groups excluding carboxylic acids is 1. The average Bonchev–Trinajstić information content (AvgIpc) is 3.38. The lowest BCUT2D eigenvalue weighted by Gasteiger charge is -2.33. The second kappa shape index (κ2) is 9.55. The number of aromatic nitrogens is 1. The minimum absolute atomic E-state index is 0.00448. The van der Waals surface area contributed by atoms with Gasteiger partial charge in [-0.2, -0.15) is 0 Å². The number of benzene rings is 1. The minimum Gasteiger partial charge on any atom is -0.465 e. The van der Waals surface area contributed by atoms with E-state index in [0.717, 1.165) is 40.9 Å². The van der Waals surface area contributed by atoms with E-state index in [2.05, 4.69) is 34.3 Å². The molecule has 0 saturated carbocycles. The largest absolute Gasteiger partial charge is 0.465 e. The third kappa shape index (κ3) is 5.16. The van der Waals surface area contributed by atoms with Crippen LogP contribution in [0.3, 0.4) is 0 Å². The Kier molecular flexibility index (Phi) is 6.62. The van der Waals surface area contributed by atoms with Crippen molar-refractivity contribution in [2.75, 3.05) is 32.8 Å². The number of hydrogen-bond donors (Lipinski definition) is 1. The van der Waals surface area contributed by atoms with Crippen LogP contribution in [-0.2, 0) is 16.0 Å². The molecule has 1 unspecified atom stereocenters. The first kappa shape index (κ1) is 20.8. The molecule has 7 heteroatoms. The summed E-state index contributed by atoms with van der Waals surface area (Å²) >= 11 is 1.57. The molecule has 6 nitrogen and oxygen atoms in total. The summed E-state index contributed by atoms with van der Waals surface area (Å²) in [5, 5.41) is 5.99. The molecule has 0 radical (unpaired) electrons. The van der Waals surface area contributed by atoms with Crippen molar-refractivity contribution in [3.8, 4) is 10.6 Å². The van der Waals surface area contributed by atoms with Gasteiger partial charge in [0.25, 0.3) is 0 Å². The van der Waals surface area contributed by atoms with Crippen molar-refractivity contribution in [3.05, 3.63) is 64.6 Å². The Balaban J connectivity index is 1.38. The van der Waals surface area contributed by atoms with Gasteiger partial charge in [-0.05, 0) is 32.0 Å². The number of morpholine rings is 1. The molecule has 30 heavy (non-hydrogen) atoms. The van der Waals surface area contributed by atoms with Gasteiger partial charge in [-0.25, -0.2) is 4.98 Å². The van der Waals surface area contributed by atoms with E-state index in [-0.39, 0.29) is 18.4 Å². The van der Waals surface area contributed by atoms with Gasteiger partial charge in [-0.3, -0.25) is 9.69 Å². The third-order valence-corrected chi connectivity index (χ3v) is 6.17. The van der Waals surface area contributed by atoms with E-state index < -0.39 is 0 Å². The van der Waals surface area contributed by atoms with E-state index in [0.29, 0.717) is 19.8 Å². The fourth-order valence-corrected chi connectivity index (χ4v) is 4.48. The van der Waals surface area contributed by atoms with Crippen LogP contribution in [0.4, 0.5) is 0 Å². The zero-order valence-electron chi connectivity index (χ0n) is 17.4. The number of ether oxygens (including phenoxy) is 1. The topological polar surface area (TPSA) is 67.6 Å². The van der Waals surface area contributed by atoms with Gasteiger partial charge in [-0.1, -0.05) is 23.8 Å². The minimum atomic E-state index is -0.0300. The van der Waals surface area contributed by atoms with Crippen LogP contribution in [0, 0.1) is 13.8 Å². The monoisotopic (exact) mass is 425 g/mol. The van der Waals surface area contributed by atoms with Gasteiger partial charge in [0.05, 0.1) is 31.4 Å². The molecule has 1 fully saturated rings. The first-order valence-electron chi connectivity index (χ1n) is 10.2. The van der Waals surface area contributed by atoms with Gasteiger partial charge in [0.15, 0.2) is 0 Å². The third-order valence-electron chi connectivity index (χ3n) is 5.23. The number of aryl methyl sites for hydroxylation is 2. The molecule has 3 heterocycles. The highest BCUT2D eigenvalue weighted by Gasteiger charge is 2.25. The second-order valence-corrected chi connectivity index (χ2v) is 8.46. The van der Waals surface area contributed by atoms with Crippen LogP contribution in [0.1, 0.15) is 28.8 Å². The van der Waals surface area contributed by atoms with Crippen molar-refractivity contribution in [2.24, 2.45) is 0 Å². The molecule has 1 aromatic carbocycles. The number of nitrogens with one attached hydrogen (secondary N) is 1. The van der Waals surface area contributed by atoms with Crippen molar-refractivity contribution in [1.29, 1.82) is 0 Å². The normalized spacial score (nSPS) is 15.8. The molecule has 0 bridgehead atoms. The molecule has 158 valence electrons. The summed E-state index contributed by atoms with van der Waals surface area (Å²) in [6.45, 7) is 7.55. The van der Waals surface area contributed by atoms with Gasteiger partial charge in [0, 0.05) is 30.6 Å². The standard InChI is InChI=1S/C23H27N3O3S/c1-16-4-3-5-18(12-16)23-25-19(15-30-23)13-22(27)24-14-20(21-7-6-17(2)29-21)26-8-10-28-11-9-26/h3-7,12,15,20H,8-11,13-14H2,1-2H3,(H,24,27). The summed E-state index contributed by atoms with van der Waals surface area (Å²) in [5.41, 5.74) is 3.09. The van der Waals surface area contributed by atoms with Crippen molar-refractivity contribution in [1.82, 2.24) is 15.2 Å². The summed E-state index contributed by atoms with van der Waals surface area (Å²) in [4.78, 5) is 19.6. The van der Waals surface area contributed by atoms with Crippen LogP contribution >= 0.6 is 11.3 Å². The molecular weight excluding hydrogens is 398 g/mol. The van der Waals surface area contributed by atoms with Crippen LogP contribution in [0.2, 0.25) is 0 Å².